The molecule has 0 saturated carbocycles. The molecule has 2 aliphatic rings. The van der Waals surface area contributed by atoms with Crippen LogP contribution in [-0.2, 0) is 6.54 Å². The SMILES string of the molecule is CN=C(NCc1ccc(Br)cc1)NC1CC2CCCC(C1)N2C. The van der Waals surface area contributed by atoms with Crippen LogP contribution < -0.4 is 10.6 Å². The maximum Gasteiger partial charge on any atom is 0.191 e. The van der Waals surface area contributed by atoms with Crippen LogP contribution in [0.4, 0.5) is 0 Å². The Bertz CT molecular complexity index is 528. The van der Waals surface area contributed by atoms with Crippen molar-refractivity contribution in [1.29, 1.82) is 0 Å². The second kappa shape index (κ2) is 7.67. The van der Waals surface area contributed by atoms with Gasteiger partial charge in [-0.3, -0.25) is 4.99 Å². The maximum absolute atomic E-state index is 4.40. The zero-order valence-electron chi connectivity index (χ0n) is 14.1. The fraction of sp³-hybridized carbons (Fsp3) is 0.611. The number of guanidine groups is 1. The van der Waals surface area contributed by atoms with Gasteiger partial charge in [0, 0.05) is 36.2 Å². The Balaban J connectivity index is 1.52. The number of benzene rings is 1. The highest BCUT2D eigenvalue weighted by molar-refractivity contribution is 9.10. The third-order valence-electron chi connectivity index (χ3n) is 5.28. The summed E-state index contributed by atoms with van der Waals surface area (Å²) in [5.41, 5.74) is 1.26. The highest BCUT2D eigenvalue weighted by Crippen LogP contribution is 2.32. The van der Waals surface area contributed by atoms with Crippen LogP contribution in [0, 0.1) is 0 Å². The van der Waals surface area contributed by atoms with Crippen LogP contribution in [0.3, 0.4) is 0 Å². The molecule has 2 bridgehead atoms. The first kappa shape index (κ1) is 16.8. The standard InChI is InChI=1S/C18H27BrN4/c1-20-18(21-12-13-6-8-14(19)9-7-13)22-15-10-16-4-3-5-17(11-15)23(16)2/h6-9,15-17H,3-5,10-12H2,1-2H3,(H2,20,21,22). The predicted octanol–water partition coefficient (Wildman–Crippen LogP) is 3.13. The minimum absolute atomic E-state index is 0.539. The molecule has 4 nitrogen and oxygen atoms in total. The van der Waals surface area contributed by atoms with Crippen molar-refractivity contribution in [2.75, 3.05) is 14.1 Å². The molecule has 2 fully saturated rings. The van der Waals surface area contributed by atoms with E-state index in [-0.39, 0.29) is 0 Å². The van der Waals surface area contributed by atoms with Crippen LogP contribution in [0.15, 0.2) is 33.7 Å². The van der Waals surface area contributed by atoms with Gasteiger partial charge in [0.25, 0.3) is 0 Å². The summed E-state index contributed by atoms with van der Waals surface area (Å²) in [6.07, 6.45) is 6.53. The highest BCUT2D eigenvalue weighted by Gasteiger charge is 2.36. The van der Waals surface area contributed by atoms with Crippen LogP contribution in [0.2, 0.25) is 0 Å². The summed E-state index contributed by atoms with van der Waals surface area (Å²) in [7, 11) is 4.15. The molecule has 1 aromatic carbocycles. The number of fused-ring (bicyclic) bond motifs is 2. The number of nitrogens with one attached hydrogen (secondary N) is 2. The molecule has 2 heterocycles. The van der Waals surface area contributed by atoms with Crippen LogP contribution in [-0.4, -0.2) is 43.1 Å². The van der Waals surface area contributed by atoms with Crippen molar-refractivity contribution in [3.63, 3.8) is 0 Å². The van der Waals surface area contributed by atoms with Crippen LogP contribution in [0.1, 0.15) is 37.7 Å². The molecule has 2 saturated heterocycles. The van der Waals surface area contributed by atoms with Crippen LogP contribution in [0.5, 0.6) is 0 Å². The molecular weight excluding hydrogens is 352 g/mol. The van der Waals surface area contributed by atoms with Crippen molar-refractivity contribution in [3.8, 4) is 0 Å². The summed E-state index contributed by atoms with van der Waals surface area (Å²) in [6, 6.07) is 10.4. The van der Waals surface area contributed by atoms with Gasteiger partial charge in [0.2, 0.25) is 0 Å². The Kier molecular flexibility index (Phi) is 5.59. The van der Waals surface area contributed by atoms with Gasteiger partial charge in [-0.05, 0) is 50.4 Å². The topological polar surface area (TPSA) is 39.7 Å². The van der Waals surface area contributed by atoms with Gasteiger partial charge < -0.3 is 15.5 Å². The first-order valence-electron chi connectivity index (χ1n) is 8.59. The second-order valence-electron chi connectivity index (χ2n) is 6.77. The van der Waals surface area contributed by atoms with E-state index in [0.717, 1.165) is 29.1 Å². The van der Waals surface area contributed by atoms with Gasteiger partial charge in [-0.2, -0.15) is 0 Å². The van der Waals surface area contributed by atoms with E-state index in [1.165, 1.54) is 37.7 Å². The summed E-state index contributed by atoms with van der Waals surface area (Å²) in [4.78, 5) is 7.00. The molecule has 3 rings (SSSR count). The molecule has 2 unspecified atom stereocenters. The van der Waals surface area contributed by atoms with E-state index < -0.39 is 0 Å². The van der Waals surface area contributed by atoms with Crippen molar-refractivity contribution < 1.29 is 0 Å². The number of hydrogen-bond acceptors (Lipinski definition) is 2. The molecule has 0 aromatic heterocycles. The molecule has 2 atom stereocenters. The quantitative estimate of drug-likeness (QED) is 0.626. The van der Waals surface area contributed by atoms with E-state index in [1.807, 2.05) is 7.05 Å². The van der Waals surface area contributed by atoms with E-state index >= 15 is 0 Å². The summed E-state index contributed by atoms with van der Waals surface area (Å²) < 4.78 is 1.11. The number of piperidine rings is 2. The Morgan fingerprint density at radius 3 is 2.48 bits per heavy atom. The fourth-order valence-corrected chi connectivity index (χ4v) is 4.17. The Labute approximate surface area is 147 Å². The van der Waals surface area contributed by atoms with E-state index in [2.05, 4.69) is 67.8 Å². The molecular formula is C18H27BrN4. The zero-order chi connectivity index (χ0) is 16.2. The molecule has 0 radical (unpaired) electrons. The lowest BCUT2D eigenvalue weighted by atomic mass is 9.82. The third-order valence-corrected chi connectivity index (χ3v) is 5.81. The van der Waals surface area contributed by atoms with Gasteiger partial charge >= 0.3 is 0 Å². The van der Waals surface area contributed by atoms with Gasteiger partial charge in [-0.15, -0.1) is 0 Å². The first-order valence-corrected chi connectivity index (χ1v) is 9.38. The van der Waals surface area contributed by atoms with Crippen LogP contribution >= 0.6 is 15.9 Å². The third kappa shape index (κ3) is 4.27. The molecule has 2 aliphatic heterocycles. The van der Waals surface area contributed by atoms with Crippen molar-refractivity contribution in [2.45, 2.75) is 56.8 Å². The summed E-state index contributed by atoms with van der Waals surface area (Å²) in [6.45, 7) is 0.798. The first-order chi connectivity index (χ1) is 11.2. The van der Waals surface area contributed by atoms with Crippen LogP contribution in [0.25, 0.3) is 0 Å². The lowest BCUT2D eigenvalue weighted by Crippen LogP contribution is -2.56. The lowest BCUT2D eigenvalue weighted by Gasteiger charge is -2.47. The molecule has 0 spiro atoms. The molecule has 0 aliphatic carbocycles. The molecule has 23 heavy (non-hydrogen) atoms. The van der Waals surface area contributed by atoms with E-state index in [0.29, 0.717) is 6.04 Å². The van der Waals surface area contributed by atoms with Gasteiger partial charge in [0.1, 0.15) is 0 Å². The van der Waals surface area contributed by atoms with E-state index in [9.17, 15) is 0 Å². The molecule has 126 valence electrons. The smallest absolute Gasteiger partial charge is 0.191 e. The average Bonchev–Trinajstić information content (AvgIpc) is 2.53. The average molecular weight is 379 g/mol. The molecule has 2 N–H and O–H groups in total. The predicted molar refractivity (Wildman–Crippen MR) is 99.7 cm³/mol. The molecule has 5 heteroatoms. The van der Waals surface area contributed by atoms with Gasteiger partial charge in [0.05, 0.1) is 0 Å². The highest BCUT2D eigenvalue weighted by atomic mass is 79.9. The molecule has 0 amide bonds. The normalized spacial score (nSPS) is 28.5. The summed E-state index contributed by atoms with van der Waals surface area (Å²) in [5.74, 6) is 0.917. The number of halogens is 1. The maximum atomic E-state index is 4.40. The Morgan fingerprint density at radius 2 is 1.87 bits per heavy atom. The molecule has 1 aromatic rings. The number of aliphatic imine (C=N–C) groups is 1. The monoisotopic (exact) mass is 378 g/mol. The van der Waals surface area contributed by atoms with Crippen molar-refractivity contribution in [2.24, 2.45) is 4.99 Å². The van der Waals surface area contributed by atoms with E-state index in [4.69, 9.17) is 0 Å². The zero-order valence-corrected chi connectivity index (χ0v) is 15.6. The lowest BCUT2D eigenvalue weighted by molar-refractivity contribution is 0.0526. The second-order valence-corrected chi connectivity index (χ2v) is 7.68. The largest absolute Gasteiger partial charge is 0.354 e. The van der Waals surface area contributed by atoms with Crippen molar-refractivity contribution in [1.82, 2.24) is 15.5 Å². The minimum atomic E-state index is 0.539. The summed E-state index contributed by atoms with van der Waals surface area (Å²) in [5, 5.41) is 7.08. The van der Waals surface area contributed by atoms with Crippen molar-refractivity contribution in [3.05, 3.63) is 34.3 Å². The van der Waals surface area contributed by atoms with Gasteiger partial charge in [-0.1, -0.05) is 34.5 Å². The van der Waals surface area contributed by atoms with Crippen molar-refractivity contribution >= 4 is 21.9 Å². The van der Waals surface area contributed by atoms with Gasteiger partial charge in [0.15, 0.2) is 5.96 Å². The fourth-order valence-electron chi connectivity index (χ4n) is 3.91. The number of rotatable bonds is 3. The Hall–Kier alpha value is -1.07. The number of nitrogens with zero attached hydrogens (tertiary/aromatic N) is 2. The summed E-state index contributed by atoms with van der Waals surface area (Å²) >= 11 is 3.47. The number of hydrogen-bond donors (Lipinski definition) is 2. The van der Waals surface area contributed by atoms with Gasteiger partial charge in [-0.25, -0.2) is 0 Å². The van der Waals surface area contributed by atoms with E-state index in [1.54, 1.807) is 0 Å². The Morgan fingerprint density at radius 1 is 1.22 bits per heavy atom. The minimum Gasteiger partial charge on any atom is -0.354 e.